The molecule has 0 fully saturated rings. The summed E-state index contributed by atoms with van der Waals surface area (Å²) in [6, 6.07) is 0. The molecule has 0 aromatic heterocycles. The largest absolute Gasteiger partial charge is 0.449 e. The highest BCUT2D eigenvalue weighted by Gasteiger charge is 2.10. The summed E-state index contributed by atoms with van der Waals surface area (Å²) < 4.78 is 5.40. The molecule has 0 aromatic rings. The molecule has 0 saturated heterocycles. The maximum absolute atomic E-state index is 11.1. The Morgan fingerprint density at radius 1 is 1.50 bits per heavy atom. The Labute approximate surface area is 94.3 Å². The van der Waals surface area contributed by atoms with Gasteiger partial charge >= 0.3 is 6.09 Å². The number of thiocarbonyl (C=S) groups is 1. The molecule has 0 aromatic carbocycles. The minimum absolute atomic E-state index is 0.358. The van der Waals surface area contributed by atoms with Crippen LogP contribution >= 0.6 is 24.0 Å². The molecular formula is C8H16N2O2S2. The van der Waals surface area contributed by atoms with Gasteiger partial charge in [-0.25, -0.2) is 10.2 Å². The van der Waals surface area contributed by atoms with Gasteiger partial charge in [0.2, 0.25) is 0 Å². The first-order valence-electron chi connectivity index (χ1n) is 4.53. The number of ether oxygens (including phenoxy) is 1. The molecule has 0 aliphatic rings. The fourth-order valence-electron chi connectivity index (χ4n) is 0.729. The van der Waals surface area contributed by atoms with E-state index in [2.05, 4.69) is 5.43 Å². The van der Waals surface area contributed by atoms with Gasteiger partial charge in [0.1, 0.15) is 0 Å². The molecule has 0 radical (unpaired) electrons. The maximum Gasteiger partial charge on any atom is 0.426 e. The number of hydrogen-bond donors (Lipinski definition) is 1. The fraction of sp³-hybridized carbons (Fsp3) is 0.750. The first-order chi connectivity index (χ1) is 6.65. The Bertz CT molecular complexity index is 200. The minimum atomic E-state index is -0.464. The van der Waals surface area contributed by atoms with Crippen LogP contribution < -0.4 is 5.43 Å². The van der Waals surface area contributed by atoms with Gasteiger partial charge in [0.25, 0.3) is 0 Å². The molecule has 0 aliphatic carbocycles. The van der Waals surface area contributed by atoms with Crippen molar-refractivity contribution in [1.29, 1.82) is 0 Å². The van der Waals surface area contributed by atoms with Crippen LogP contribution in [-0.2, 0) is 4.74 Å². The van der Waals surface area contributed by atoms with Crippen LogP contribution in [-0.4, -0.2) is 34.3 Å². The van der Waals surface area contributed by atoms with Crippen molar-refractivity contribution in [3.8, 4) is 0 Å². The van der Waals surface area contributed by atoms with Gasteiger partial charge in [-0.1, -0.05) is 30.9 Å². The van der Waals surface area contributed by atoms with Crippen molar-refractivity contribution in [2.45, 2.75) is 20.8 Å². The number of rotatable bonds is 3. The van der Waals surface area contributed by atoms with Gasteiger partial charge in [0.05, 0.1) is 6.61 Å². The van der Waals surface area contributed by atoms with E-state index in [9.17, 15) is 4.79 Å². The molecular weight excluding hydrogens is 220 g/mol. The number of hydrazine groups is 1. The number of amides is 1. The van der Waals surface area contributed by atoms with E-state index in [0.29, 0.717) is 17.5 Å². The van der Waals surface area contributed by atoms with E-state index in [1.165, 1.54) is 11.8 Å². The summed E-state index contributed by atoms with van der Waals surface area (Å²) in [5, 5.41) is 1.60. The molecule has 0 aliphatic heterocycles. The third-order valence-electron chi connectivity index (χ3n) is 1.31. The third-order valence-corrected chi connectivity index (χ3v) is 2.64. The van der Waals surface area contributed by atoms with Crippen molar-refractivity contribution in [2.24, 2.45) is 0 Å². The van der Waals surface area contributed by atoms with Crippen molar-refractivity contribution in [2.75, 3.05) is 18.9 Å². The Morgan fingerprint density at radius 2 is 2.14 bits per heavy atom. The second-order valence-corrected chi connectivity index (χ2v) is 4.17. The molecule has 4 nitrogen and oxygen atoms in total. The average Bonchev–Trinajstić information content (AvgIpc) is 2.15. The van der Waals surface area contributed by atoms with Gasteiger partial charge in [-0.05, 0) is 19.6 Å². The van der Waals surface area contributed by atoms with Gasteiger partial charge in [-0.15, -0.1) is 0 Å². The summed E-state index contributed by atoms with van der Waals surface area (Å²) >= 11 is 6.61. The van der Waals surface area contributed by atoms with Gasteiger partial charge in [0.15, 0.2) is 4.32 Å². The molecule has 0 heterocycles. The van der Waals surface area contributed by atoms with Crippen molar-refractivity contribution >= 4 is 34.4 Å². The van der Waals surface area contributed by atoms with E-state index in [0.717, 1.165) is 5.75 Å². The SMILES string of the molecule is CCOC(=O)NN(CC)C(=S)SCC. The predicted molar refractivity (Wildman–Crippen MR) is 63.3 cm³/mol. The lowest BCUT2D eigenvalue weighted by Gasteiger charge is -2.22. The summed E-state index contributed by atoms with van der Waals surface area (Å²) in [4.78, 5) is 11.1. The van der Waals surface area contributed by atoms with Crippen LogP contribution in [0.3, 0.4) is 0 Å². The summed E-state index contributed by atoms with van der Waals surface area (Å²) in [6.07, 6.45) is -0.464. The zero-order chi connectivity index (χ0) is 11.0. The van der Waals surface area contributed by atoms with Gasteiger partial charge in [-0.2, -0.15) is 0 Å². The Balaban J connectivity index is 4.01. The molecule has 0 rings (SSSR count). The topological polar surface area (TPSA) is 41.6 Å². The molecule has 1 amide bonds. The van der Waals surface area contributed by atoms with Crippen LogP contribution in [0.1, 0.15) is 20.8 Å². The highest BCUT2D eigenvalue weighted by molar-refractivity contribution is 8.22. The summed E-state index contributed by atoms with van der Waals surface area (Å²) in [5.41, 5.74) is 2.56. The summed E-state index contributed by atoms with van der Waals surface area (Å²) in [7, 11) is 0. The standard InChI is InChI=1S/C8H16N2O2S2/c1-4-10(8(13)14-6-3)9-7(11)12-5-2/h4-6H2,1-3H3,(H,9,11). The number of nitrogens with zero attached hydrogens (tertiary/aromatic N) is 1. The van der Waals surface area contributed by atoms with E-state index in [1.807, 2.05) is 13.8 Å². The molecule has 82 valence electrons. The van der Waals surface area contributed by atoms with E-state index in [-0.39, 0.29) is 0 Å². The van der Waals surface area contributed by atoms with Crippen LogP contribution in [0.4, 0.5) is 4.79 Å². The van der Waals surface area contributed by atoms with Crippen LogP contribution in [0.5, 0.6) is 0 Å². The summed E-state index contributed by atoms with van der Waals surface area (Å²) in [6.45, 7) is 6.67. The van der Waals surface area contributed by atoms with Crippen molar-refractivity contribution in [3.63, 3.8) is 0 Å². The molecule has 0 spiro atoms. The highest BCUT2D eigenvalue weighted by atomic mass is 32.2. The first-order valence-corrected chi connectivity index (χ1v) is 5.92. The quantitative estimate of drug-likeness (QED) is 0.599. The van der Waals surface area contributed by atoms with E-state index in [4.69, 9.17) is 17.0 Å². The molecule has 0 atom stereocenters. The van der Waals surface area contributed by atoms with Gasteiger partial charge in [0, 0.05) is 6.54 Å². The first kappa shape index (κ1) is 13.5. The van der Waals surface area contributed by atoms with Crippen LogP contribution in [0.2, 0.25) is 0 Å². The van der Waals surface area contributed by atoms with Gasteiger partial charge < -0.3 is 4.74 Å². The van der Waals surface area contributed by atoms with Crippen molar-refractivity contribution in [1.82, 2.24) is 10.4 Å². The number of hydrogen-bond acceptors (Lipinski definition) is 4. The van der Waals surface area contributed by atoms with Crippen LogP contribution in [0, 0.1) is 0 Å². The number of nitrogens with one attached hydrogen (secondary N) is 1. The predicted octanol–water partition coefficient (Wildman–Crippen LogP) is 2.01. The van der Waals surface area contributed by atoms with Crippen LogP contribution in [0.15, 0.2) is 0 Å². The Morgan fingerprint density at radius 3 is 2.57 bits per heavy atom. The molecule has 6 heteroatoms. The maximum atomic E-state index is 11.1. The molecule has 0 unspecified atom stereocenters. The third kappa shape index (κ3) is 5.29. The van der Waals surface area contributed by atoms with E-state index < -0.39 is 6.09 Å². The Hall–Kier alpha value is -0.490. The monoisotopic (exact) mass is 236 g/mol. The second-order valence-electron chi connectivity index (χ2n) is 2.28. The zero-order valence-corrected chi connectivity index (χ0v) is 10.3. The average molecular weight is 236 g/mol. The highest BCUT2D eigenvalue weighted by Crippen LogP contribution is 2.06. The minimum Gasteiger partial charge on any atom is -0.449 e. The molecule has 0 saturated carbocycles. The number of carbonyl (C=O) groups excluding carboxylic acids is 1. The Kier molecular flexibility index (Phi) is 7.60. The zero-order valence-electron chi connectivity index (χ0n) is 8.70. The fourth-order valence-corrected chi connectivity index (χ4v) is 1.83. The van der Waals surface area contributed by atoms with Crippen molar-refractivity contribution in [3.05, 3.63) is 0 Å². The molecule has 0 bridgehead atoms. The lowest BCUT2D eigenvalue weighted by Crippen LogP contribution is -2.44. The molecule has 14 heavy (non-hydrogen) atoms. The number of carbonyl (C=O) groups is 1. The molecule has 1 N–H and O–H groups in total. The summed E-state index contributed by atoms with van der Waals surface area (Å²) in [5.74, 6) is 0.889. The van der Waals surface area contributed by atoms with E-state index >= 15 is 0 Å². The van der Waals surface area contributed by atoms with Crippen LogP contribution in [0.25, 0.3) is 0 Å². The second kappa shape index (κ2) is 7.87. The number of thioether (sulfide) groups is 1. The van der Waals surface area contributed by atoms with E-state index in [1.54, 1.807) is 11.9 Å². The lowest BCUT2D eigenvalue weighted by atomic mass is 10.7. The lowest BCUT2D eigenvalue weighted by molar-refractivity contribution is 0.133. The smallest absolute Gasteiger partial charge is 0.426 e. The normalized spacial score (nSPS) is 9.36. The van der Waals surface area contributed by atoms with Gasteiger partial charge in [-0.3, -0.25) is 5.01 Å². The van der Waals surface area contributed by atoms with Crippen molar-refractivity contribution < 1.29 is 9.53 Å².